The molecular formula is C23H30N2O4S. The van der Waals surface area contributed by atoms with Gasteiger partial charge in [-0.2, -0.15) is 0 Å². The zero-order valence-electron chi connectivity index (χ0n) is 17.3. The molecule has 0 saturated carbocycles. The van der Waals surface area contributed by atoms with Crippen LogP contribution in [0, 0.1) is 0 Å². The maximum absolute atomic E-state index is 11.6. The quantitative estimate of drug-likeness (QED) is 0.628. The van der Waals surface area contributed by atoms with Gasteiger partial charge >= 0.3 is 0 Å². The summed E-state index contributed by atoms with van der Waals surface area (Å²) in [6.45, 7) is 4.33. The lowest BCUT2D eigenvalue weighted by atomic mass is 10.1. The Morgan fingerprint density at radius 2 is 1.07 bits per heavy atom. The first kappa shape index (κ1) is 20.8. The van der Waals surface area contributed by atoms with Crippen molar-refractivity contribution in [1.82, 2.24) is 0 Å². The lowest BCUT2D eigenvalue weighted by molar-refractivity contribution is 0.217. The number of piperidine rings is 1. The van der Waals surface area contributed by atoms with E-state index in [1.807, 2.05) is 36.4 Å². The van der Waals surface area contributed by atoms with Crippen molar-refractivity contribution in [3.8, 4) is 11.5 Å². The van der Waals surface area contributed by atoms with Gasteiger partial charge in [-0.25, -0.2) is 8.42 Å². The summed E-state index contributed by atoms with van der Waals surface area (Å²) in [7, 11) is -2.86. The van der Waals surface area contributed by atoms with E-state index in [1.54, 1.807) is 0 Å². The van der Waals surface area contributed by atoms with Crippen molar-refractivity contribution in [3.05, 3.63) is 48.5 Å². The smallest absolute Gasteiger partial charge is 0.153 e. The molecule has 2 fully saturated rings. The van der Waals surface area contributed by atoms with Crippen molar-refractivity contribution in [2.75, 3.05) is 60.7 Å². The van der Waals surface area contributed by atoms with Gasteiger partial charge in [0.1, 0.15) is 24.7 Å². The molecule has 162 valence electrons. The standard InChI is InChI=1S/C23H30N2O4S/c26-30(27)18-14-25(15-19-30)21-6-10-23(11-7-21)29-17-16-28-22-8-4-20(5-9-22)24-12-2-1-3-13-24/h4-11H,1-3,12-19H2. The van der Waals surface area contributed by atoms with E-state index in [4.69, 9.17) is 9.47 Å². The van der Waals surface area contributed by atoms with Crippen molar-refractivity contribution in [3.63, 3.8) is 0 Å². The Hall–Kier alpha value is -2.41. The van der Waals surface area contributed by atoms with Gasteiger partial charge in [-0.3, -0.25) is 0 Å². The maximum Gasteiger partial charge on any atom is 0.153 e. The van der Waals surface area contributed by atoms with Crippen LogP contribution in [0.25, 0.3) is 0 Å². The highest BCUT2D eigenvalue weighted by Gasteiger charge is 2.21. The van der Waals surface area contributed by atoms with Gasteiger partial charge < -0.3 is 19.3 Å². The molecule has 0 amide bonds. The van der Waals surface area contributed by atoms with Crippen LogP contribution in [0.15, 0.2) is 48.5 Å². The highest BCUT2D eigenvalue weighted by atomic mass is 32.2. The number of anilines is 2. The Morgan fingerprint density at radius 1 is 0.633 bits per heavy atom. The zero-order chi connectivity index (χ0) is 20.8. The van der Waals surface area contributed by atoms with E-state index in [2.05, 4.69) is 21.9 Å². The fourth-order valence-electron chi connectivity index (χ4n) is 3.95. The number of ether oxygens (including phenoxy) is 2. The monoisotopic (exact) mass is 430 g/mol. The predicted molar refractivity (Wildman–Crippen MR) is 121 cm³/mol. The molecule has 0 N–H and O–H groups in total. The lowest BCUT2D eigenvalue weighted by Gasteiger charge is -2.28. The Balaban J connectivity index is 1.19. The summed E-state index contributed by atoms with van der Waals surface area (Å²) in [5, 5.41) is 0. The molecule has 2 aromatic carbocycles. The number of rotatable bonds is 7. The molecule has 0 atom stereocenters. The number of nitrogens with zero attached hydrogens (tertiary/aromatic N) is 2. The number of sulfone groups is 1. The Labute approximate surface area is 179 Å². The van der Waals surface area contributed by atoms with Gasteiger partial charge in [0, 0.05) is 37.6 Å². The molecule has 2 aliphatic rings. The summed E-state index contributed by atoms with van der Waals surface area (Å²) in [5.74, 6) is 2.09. The van der Waals surface area contributed by atoms with Crippen molar-refractivity contribution in [1.29, 1.82) is 0 Å². The Bertz CT molecular complexity index is 893. The first-order chi connectivity index (χ1) is 14.6. The molecule has 2 aliphatic heterocycles. The first-order valence-electron chi connectivity index (χ1n) is 10.8. The van der Waals surface area contributed by atoms with Gasteiger partial charge in [0.05, 0.1) is 11.5 Å². The average Bonchev–Trinajstić information content (AvgIpc) is 2.78. The van der Waals surface area contributed by atoms with Crippen molar-refractivity contribution in [2.45, 2.75) is 19.3 Å². The molecule has 30 heavy (non-hydrogen) atoms. The number of hydrogen-bond acceptors (Lipinski definition) is 6. The minimum absolute atomic E-state index is 0.224. The number of benzene rings is 2. The Kier molecular flexibility index (Phi) is 6.67. The Morgan fingerprint density at radius 3 is 1.53 bits per heavy atom. The second-order valence-corrected chi connectivity index (χ2v) is 10.2. The third-order valence-corrected chi connectivity index (χ3v) is 7.33. The minimum Gasteiger partial charge on any atom is -0.490 e. The van der Waals surface area contributed by atoms with Crippen molar-refractivity contribution in [2.24, 2.45) is 0 Å². The van der Waals surface area contributed by atoms with Crippen LogP contribution in [0.5, 0.6) is 11.5 Å². The second kappa shape index (κ2) is 9.60. The predicted octanol–water partition coefficient (Wildman–Crippen LogP) is 3.37. The molecule has 0 aliphatic carbocycles. The van der Waals surface area contributed by atoms with Crippen LogP contribution < -0.4 is 19.3 Å². The molecule has 2 saturated heterocycles. The third-order valence-electron chi connectivity index (χ3n) is 5.73. The molecule has 2 heterocycles. The van der Waals surface area contributed by atoms with Gasteiger partial charge in [0.2, 0.25) is 0 Å². The fourth-order valence-corrected chi connectivity index (χ4v) is 5.15. The summed E-state index contributed by atoms with van der Waals surface area (Å²) >= 11 is 0. The van der Waals surface area contributed by atoms with E-state index in [0.29, 0.717) is 26.3 Å². The second-order valence-electron chi connectivity index (χ2n) is 7.87. The largest absolute Gasteiger partial charge is 0.490 e. The molecule has 0 aromatic heterocycles. The summed E-state index contributed by atoms with van der Waals surface area (Å²) in [6.07, 6.45) is 3.88. The lowest BCUT2D eigenvalue weighted by Crippen LogP contribution is -2.40. The molecular weight excluding hydrogens is 400 g/mol. The molecule has 0 radical (unpaired) electrons. The molecule has 0 spiro atoms. The molecule has 2 aromatic rings. The van der Waals surface area contributed by atoms with Gasteiger partial charge in [0.15, 0.2) is 9.84 Å². The van der Waals surface area contributed by atoms with Gasteiger partial charge in [-0.1, -0.05) is 0 Å². The average molecular weight is 431 g/mol. The van der Waals surface area contributed by atoms with Crippen LogP contribution in [0.1, 0.15) is 19.3 Å². The molecule has 4 rings (SSSR count). The molecule has 0 unspecified atom stereocenters. The summed E-state index contributed by atoms with van der Waals surface area (Å²) < 4.78 is 34.7. The summed E-state index contributed by atoms with van der Waals surface area (Å²) in [6, 6.07) is 16.1. The zero-order valence-corrected chi connectivity index (χ0v) is 18.1. The van der Waals surface area contributed by atoms with E-state index >= 15 is 0 Å². The maximum atomic E-state index is 11.6. The van der Waals surface area contributed by atoms with Crippen molar-refractivity contribution >= 4 is 21.2 Å². The molecule has 6 nitrogen and oxygen atoms in total. The van der Waals surface area contributed by atoms with Crippen LogP contribution in [0.4, 0.5) is 11.4 Å². The molecule has 0 bridgehead atoms. The normalized spacial score (nSPS) is 18.8. The summed E-state index contributed by atoms with van der Waals surface area (Å²) in [4.78, 5) is 4.53. The highest BCUT2D eigenvalue weighted by Crippen LogP contribution is 2.23. The van der Waals surface area contributed by atoms with Crippen LogP contribution in [-0.2, 0) is 9.84 Å². The van der Waals surface area contributed by atoms with Gasteiger partial charge in [-0.05, 0) is 67.8 Å². The van der Waals surface area contributed by atoms with Crippen LogP contribution >= 0.6 is 0 Å². The van der Waals surface area contributed by atoms with Crippen LogP contribution in [-0.4, -0.2) is 59.3 Å². The van der Waals surface area contributed by atoms with Crippen LogP contribution in [0.2, 0.25) is 0 Å². The third kappa shape index (κ3) is 5.59. The van der Waals surface area contributed by atoms with Gasteiger partial charge in [0.25, 0.3) is 0 Å². The van der Waals surface area contributed by atoms with E-state index < -0.39 is 9.84 Å². The minimum atomic E-state index is -2.86. The van der Waals surface area contributed by atoms with E-state index in [-0.39, 0.29) is 11.5 Å². The van der Waals surface area contributed by atoms with E-state index in [1.165, 1.54) is 24.9 Å². The molecule has 7 heteroatoms. The van der Waals surface area contributed by atoms with E-state index in [0.717, 1.165) is 30.3 Å². The van der Waals surface area contributed by atoms with Crippen LogP contribution in [0.3, 0.4) is 0 Å². The van der Waals surface area contributed by atoms with Gasteiger partial charge in [-0.15, -0.1) is 0 Å². The summed E-state index contributed by atoms with van der Waals surface area (Å²) in [5.41, 5.74) is 2.30. The first-order valence-corrected chi connectivity index (χ1v) is 12.6. The van der Waals surface area contributed by atoms with E-state index in [9.17, 15) is 8.42 Å². The fraction of sp³-hybridized carbons (Fsp3) is 0.478. The van der Waals surface area contributed by atoms with Crippen molar-refractivity contribution < 1.29 is 17.9 Å². The number of hydrogen-bond donors (Lipinski definition) is 0. The highest BCUT2D eigenvalue weighted by molar-refractivity contribution is 7.91. The topological polar surface area (TPSA) is 59.1 Å². The SMILES string of the molecule is O=S1(=O)CCN(c2ccc(OCCOc3ccc(N4CCCCC4)cc3)cc2)CC1.